The highest BCUT2D eigenvalue weighted by Gasteiger charge is 2.18. The van der Waals surface area contributed by atoms with Crippen LogP contribution in [0.2, 0.25) is 9.36 Å². The maximum Gasteiger partial charge on any atom is 0.270 e. The summed E-state index contributed by atoms with van der Waals surface area (Å²) in [5.74, 6) is 0.0198. The summed E-state index contributed by atoms with van der Waals surface area (Å²) in [7, 11) is 0. The van der Waals surface area contributed by atoms with Crippen LogP contribution in [0.1, 0.15) is 24.3 Å². The second kappa shape index (κ2) is 7.94. The van der Waals surface area contributed by atoms with Gasteiger partial charge in [0.05, 0.1) is 20.5 Å². The zero-order chi connectivity index (χ0) is 19.6. The minimum Gasteiger partial charge on any atom is -0.389 e. The van der Waals surface area contributed by atoms with Crippen LogP contribution in [-0.2, 0) is 0 Å². The Morgan fingerprint density at radius 1 is 1.15 bits per heavy atom. The molecule has 2 heterocycles. The summed E-state index contributed by atoms with van der Waals surface area (Å²) < 4.78 is 0.610. The predicted octanol–water partition coefficient (Wildman–Crippen LogP) is 4.68. The molecular weight excluding hydrogens is 405 g/mol. The lowest BCUT2D eigenvalue weighted by Gasteiger charge is -2.17. The van der Waals surface area contributed by atoms with Gasteiger partial charge >= 0.3 is 0 Å². The van der Waals surface area contributed by atoms with Crippen LogP contribution < -0.4 is 5.32 Å². The summed E-state index contributed by atoms with van der Waals surface area (Å²) in [5, 5.41) is 13.1. The van der Waals surface area contributed by atoms with Gasteiger partial charge in [0.25, 0.3) is 5.91 Å². The largest absolute Gasteiger partial charge is 0.389 e. The SMILES string of the molecule is CC(C)(O)CNC(=O)c1cc(-c2ccc(Cl)cc2)nc(-c2ccc(Cl)s2)n1. The molecule has 1 amide bonds. The first-order chi connectivity index (χ1) is 12.7. The highest BCUT2D eigenvalue weighted by Crippen LogP contribution is 2.30. The molecule has 3 aromatic rings. The summed E-state index contributed by atoms with van der Waals surface area (Å²) in [6, 6.07) is 12.4. The Morgan fingerprint density at radius 2 is 1.85 bits per heavy atom. The third kappa shape index (κ3) is 5.26. The number of aromatic nitrogens is 2. The van der Waals surface area contributed by atoms with Crippen molar-refractivity contribution in [3.05, 3.63) is 57.5 Å². The Balaban J connectivity index is 2.02. The maximum atomic E-state index is 12.6. The molecule has 8 heteroatoms. The lowest BCUT2D eigenvalue weighted by molar-refractivity contribution is 0.0692. The van der Waals surface area contributed by atoms with Crippen molar-refractivity contribution >= 4 is 40.4 Å². The fraction of sp³-hybridized carbons (Fsp3) is 0.211. The summed E-state index contributed by atoms with van der Waals surface area (Å²) in [6.45, 7) is 3.34. The second-order valence-electron chi connectivity index (χ2n) is 6.57. The molecule has 0 spiro atoms. The van der Waals surface area contributed by atoms with Gasteiger partial charge in [-0.25, -0.2) is 9.97 Å². The van der Waals surface area contributed by atoms with Crippen molar-refractivity contribution < 1.29 is 9.90 Å². The number of nitrogens with one attached hydrogen (secondary N) is 1. The molecule has 0 bridgehead atoms. The smallest absolute Gasteiger partial charge is 0.270 e. The first-order valence-electron chi connectivity index (χ1n) is 8.12. The normalized spacial score (nSPS) is 11.4. The minimum atomic E-state index is -1.02. The van der Waals surface area contributed by atoms with Crippen molar-refractivity contribution in [3.8, 4) is 22.0 Å². The molecule has 0 aliphatic heterocycles. The van der Waals surface area contributed by atoms with Crippen LogP contribution in [0, 0.1) is 0 Å². The first kappa shape index (κ1) is 19.8. The standard InChI is InChI=1S/C19H17Cl2N3O2S/c1-19(2,26)10-22-18(25)14-9-13(11-3-5-12(20)6-4-11)23-17(24-14)15-7-8-16(21)27-15/h3-9,26H,10H2,1-2H3,(H,22,25). The lowest BCUT2D eigenvalue weighted by atomic mass is 10.1. The van der Waals surface area contributed by atoms with E-state index >= 15 is 0 Å². The Bertz CT molecular complexity index is 966. The number of thiophene rings is 1. The van der Waals surface area contributed by atoms with Crippen LogP contribution in [-0.4, -0.2) is 33.1 Å². The average molecular weight is 422 g/mol. The van der Waals surface area contributed by atoms with E-state index in [1.807, 2.05) is 18.2 Å². The molecule has 2 N–H and O–H groups in total. The van der Waals surface area contributed by atoms with Crippen molar-refractivity contribution in [2.24, 2.45) is 0 Å². The van der Waals surface area contributed by atoms with Crippen molar-refractivity contribution in [2.45, 2.75) is 19.4 Å². The molecule has 27 heavy (non-hydrogen) atoms. The molecule has 0 fully saturated rings. The van der Waals surface area contributed by atoms with Gasteiger partial charge in [-0.1, -0.05) is 35.3 Å². The molecule has 3 rings (SSSR count). The summed E-state index contributed by atoms with van der Waals surface area (Å²) in [4.78, 5) is 22.3. The zero-order valence-corrected chi connectivity index (χ0v) is 17.0. The van der Waals surface area contributed by atoms with Crippen LogP contribution in [0.3, 0.4) is 0 Å². The second-order valence-corrected chi connectivity index (χ2v) is 8.72. The zero-order valence-electron chi connectivity index (χ0n) is 14.7. The molecule has 0 unspecified atom stereocenters. The number of aliphatic hydroxyl groups is 1. The van der Waals surface area contributed by atoms with Crippen LogP contribution in [0.4, 0.5) is 0 Å². The Morgan fingerprint density at radius 3 is 2.44 bits per heavy atom. The summed E-state index contributed by atoms with van der Waals surface area (Å²) in [6.07, 6.45) is 0. The monoisotopic (exact) mass is 421 g/mol. The van der Waals surface area contributed by atoms with E-state index < -0.39 is 11.5 Å². The molecule has 5 nitrogen and oxygen atoms in total. The van der Waals surface area contributed by atoms with Crippen LogP contribution in [0.15, 0.2) is 42.5 Å². The van der Waals surface area contributed by atoms with E-state index in [0.717, 1.165) is 10.4 Å². The van der Waals surface area contributed by atoms with Gasteiger partial charge in [0, 0.05) is 17.1 Å². The molecule has 0 aliphatic carbocycles. The highest BCUT2D eigenvalue weighted by atomic mass is 35.5. The van der Waals surface area contributed by atoms with E-state index in [1.54, 1.807) is 38.1 Å². The van der Waals surface area contributed by atoms with Crippen molar-refractivity contribution in [1.82, 2.24) is 15.3 Å². The molecular formula is C19H17Cl2N3O2S. The molecule has 2 aromatic heterocycles. The molecule has 0 saturated heterocycles. The van der Waals surface area contributed by atoms with Gasteiger partial charge < -0.3 is 10.4 Å². The number of hydrogen-bond donors (Lipinski definition) is 2. The maximum absolute atomic E-state index is 12.6. The number of rotatable bonds is 5. The van der Waals surface area contributed by atoms with E-state index in [4.69, 9.17) is 23.2 Å². The Labute approximate surface area is 171 Å². The minimum absolute atomic E-state index is 0.103. The van der Waals surface area contributed by atoms with Gasteiger partial charge in [0.1, 0.15) is 5.69 Å². The Hall–Kier alpha value is -1.99. The highest BCUT2D eigenvalue weighted by molar-refractivity contribution is 7.19. The average Bonchev–Trinajstić information content (AvgIpc) is 3.06. The topological polar surface area (TPSA) is 75.1 Å². The third-order valence-corrected chi connectivity index (χ3v) is 5.05. The van der Waals surface area contributed by atoms with Crippen LogP contribution >= 0.6 is 34.5 Å². The van der Waals surface area contributed by atoms with Crippen molar-refractivity contribution in [3.63, 3.8) is 0 Å². The first-order valence-corrected chi connectivity index (χ1v) is 9.70. The molecule has 140 valence electrons. The number of hydrogen-bond acceptors (Lipinski definition) is 5. The van der Waals surface area contributed by atoms with E-state index in [2.05, 4.69) is 15.3 Å². The molecule has 0 aliphatic rings. The van der Waals surface area contributed by atoms with Crippen molar-refractivity contribution in [2.75, 3.05) is 6.54 Å². The van der Waals surface area contributed by atoms with Gasteiger partial charge in [-0.05, 0) is 44.2 Å². The summed E-state index contributed by atoms with van der Waals surface area (Å²) >= 11 is 13.3. The molecule has 0 saturated carbocycles. The number of halogens is 2. The van der Waals surface area contributed by atoms with Gasteiger partial charge in [0.15, 0.2) is 5.82 Å². The molecule has 1 aromatic carbocycles. The van der Waals surface area contributed by atoms with E-state index in [0.29, 0.717) is 20.9 Å². The van der Waals surface area contributed by atoms with Gasteiger partial charge in [-0.3, -0.25) is 4.79 Å². The van der Waals surface area contributed by atoms with Gasteiger partial charge in [0.2, 0.25) is 0 Å². The Kier molecular flexibility index (Phi) is 5.81. The van der Waals surface area contributed by atoms with Crippen LogP contribution in [0.25, 0.3) is 22.0 Å². The van der Waals surface area contributed by atoms with Crippen LogP contribution in [0.5, 0.6) is 0 Å². The van der Waals surface area contributed by atoms with E-state index in [-0.39, 0.29) is 12.2 Å². The van der Waals surface area contributed by atoms with Crippen molar-refractivity contribution in [1.29, 1.82) is 0 Å². The lowest BCUT2D eigenvalue weighted by Crippen LogP contribution is -2.38. The van der Waals surface area contributed by atoms with E-state index in [9.17, 15) is 9.90 Å². The number of benzene rings is 1. The van der Waals surface area contributed by atoms with E-state index in [1.165, 1.54) is 11.3 Å². The third-order valence-electron chi connectivity index (χ3n) is 3.57. The summed E-state index contributed by atoms with van der Waals surface area (Å²) in [5.41, 5.74) is 0.585. The fourth-order valence-electron chi connectivity index (χ4n) is 2.26. The quantitative estimate of drug-likeness (QED) is 0.626. The predicted molar refractivity (Wildman–Crippen MR) is 109 cm³/mol. The molecule has 0 radical (unpaired) electrons. The molecule has 0 atom stereocenters. The number of amides is 1. The number of nitrogens with zero attached hydrogens (tertiary/aromatic N) is 2. The van der Waals surface area contributed by atoms with Gasteiger partial charge in [-0.2, -0.15) is 0 Å². The number of carbonyl (C=O) groups excluding carboxylic acids is 1. The van der Waals surface area contributed by atoms with Gasteiger partial charge in [-0.15, -0.1) is 11.3 Å². The fourth-order valence-corrected chi connectivity index (χ4v) is 3.37. The number of carbonyl (C=O) groups is 1.